The number of halogens is 4. The standard InChI is InChI=1S/C13H12F4O2/c14-11-4-3-9(13(15,16)17)7-10(11)12(18)19-6-5-8-1-2-8/h3-4,7-8H,1-2,5-6H2. The lowest BCUT2D eigenvalue weighted by molar-refractivity contribution is -0.137. The van der Waals surface area contributed by atoms with E-state index in [-0.39, 0.29) is 6.61 Å². The van der Waals surface area contributed by atoms with Crippen molar-refractivity contribution in [1.82, 2.24) is 0 Å². The molecule has 0 heterocycles. The third-order valence-corrected chi connectivity index (χ3v) is 2.97. The molecule has 0 aliphatic heterocycles. The summed E-state index contributed by atoms with van der Waals surface area (Å²) in [5.41, 5.74) is -1.74. The molecule has 0 N–H and O–H groups in total. The van der Waals surface area contributed by atoms with E-state index in [2.05, 4.69) is 0 Å². The third kappa shape index (κ3) is 3.68. The van der Waals surface area contributed by atoms with Crippen LogP contribution >= 0.6 is 0 Å². The van der Waals surface area contributed by atoms with E-state index in [0.717, 1.165) is 12.8 Å². The van der Waals surface area contributed by atoms with E-state index in [1.807, 2.05) is 0 Å². The SMILES string of the molecule is O=C(OCCC1CC1)c1cc(C(F)(F)F)ccc1F. The first-order valence-electron chi connectivity index (χ1n) is 5.92. The van der Waals surface area contributed by atoms with E-state index < -0.39 is 29.1 Å². The van der Waals surface area contributed by atoms with Gasteiger partial charge in [-0.25, -0.2) is 9.18 Å². The molecule has 0 radical (unpaired) electrons. The maximum absolute atomic E-state index is 13.3. The molecule has 2 rings (SSSR count). The van der Waals surface area contributed by atoms with E-state index >= 15 is 0 Å². The van der Waals surface area contributed by atoms with Crippen LogP contribution in [0.3, 0.4) is 0 Å². The predicted molar refractivity (Wildman–Crippen MR) is 59.0 cm³/mol. The molecule has 1 saturated carbocycles. The van der Waals surface area contributed by atoms with Crippen LogP contribution in [0.5, 0.6) is 0 Å². The van der Waals surface area contributed by atoms with E-state index in [0.29, 0.717) is 30.5 Å². The lowest BCUT2D eigenvalue weighted by Gasteiger charge is -2.09. The highest BCUT2D eigenvalue weighted by Gasteiger charge is 2.32. The van der Waals surface area contributed by atoms with Crippen LogP contribution in [0.2, 0.25) is 0 Å². The number of alkyl halides is 3. The molecule has 0 spiro atoms. The number of carbonyl (C=O) groups excluding carboxylic acids is 1. The zero-order chi connectivity index (χ0) is 14.0. The molecule has 0 amide bonds. The molecule has 104 valence electrons. The third-order valence-electron chi connectivity index (χ3n) is 2.97. The Morgan fingerprint density at radius 1 is 1.32 bits per heavy atom. The van der Waals surface area contributed by atoms with Crippen molar-refractivity contribution in [3.8, 4) is 0 Å². The second kappa shape index (κ2) is 5.19. The number of hydrogen-bond donors (Lipinski definition) is 0. The summed E-state index contributed by atoms with van der Waals surface area (Å²) < 4.78 is 55.5. The quantitative estimate of drug-likeness (QED) is 0.617. The Hall–Kier alpha value is -1.59. The van der Waals surface area contributed by atoms with Crippen molar-refractivity contribution in [3.63, 3.8) is 0 Å². The maximum atomic E-state index is 13.3. The first-order chi connectivity index (χ1) is 8.88. The van der Waals surface area contributed by atoms with Crippen molar-refractivity contribution in [1.29, 1.82) is 0 Å². The first-order valence-corrected chi connectivity index (χ1v) is 5.92. The minimum atomic E-state index is -4.61. The Labute approximate surface area is 107 Å². The summed E-state index contributed by atoms with van der Waals surface area (Å²) in [5, 5.41) is 0. The Morgan fingerprint density at radius 3 is 2.58 bits per heavy atom. The van der Waals surface area contributed by atoms with Crippen LogP contribution in [0.15, 0.2) is 18.2 Å². The van der Waals surface area contributed by atoms with Crippen molar-refractivity contribution in [2.24, 2.45) is 5.92 Å². The molecular weight excluding hydrogens is 264 g/mol. The highest BCUT2D eigenvalue weighted by Crippen LogP contribution is 2.32. The maximum Gasteiger partial charge on any atom is 0.416 e. The summed E-state index contributed by atoms with van der Waals surface area (Å²) in [7, 11) is 0. The van der Waals surface area contributed by atoms with E-state index in [9.17, 15) is 22.4 Å². The molecule has 0 saturated heterocycles. The van der Waals surface area contributed by atoms with Gasteiger partial charge in [0, 0.05) is 0 Å². The molecule has 0 aromatic heterocycles. The largest absolute Gasteiger partial charge is 0.462 e. The molecular formula is C13H12F4O2. The summed E-state index contributed by atoms with van der Waals surface area (Å²) >= 11 is 0. The Morgan fingerprint density at radius 2 is 2.00 bits per heavy atom. The second-order valence-electron chi connectivity index (χ2n) is 4.56. The Balaban J connectivity index is 2.06. The zero-order valence-electron chi connectivity index (χ0n) is 9.97. The van der Waals surface area contributed by atoms with Gasteiger partial charge >= 0.3 is 12.1 Å². The number of hydrogen-bond acceptors (Lipinski definition) is 2. The van der Waals surface area contributed by atoms with Crippen LogP contribution in [-0.4, -0.2) is 12.6 Å². The van der Waals surface area contributed by atoms with Crippen LogP contribution in [-0.2, 0) is 10.9 Å². The summed E-state index contributed by atoms with van der Waals surface area (Å²) in [4.78, 5) is 11.5. The highest BCUT2D eigenvalue weighted by atomic mass is 19.4. The van der Waals surface area contributed by atoms with Gasteiger partial charge in [-0.1, -0.05) is 12.8 Å². The van der Waals surface area contributed by atoms with Crippen molar-refractivity contribution in [2.45, 2.75) is 25.4 Å². The fraction of sp³-hybridized carbons (Fsp3) is 0.462. The lowest BCUT2D eigenvalue weighted by Crippen LogP contribution is -2.12. The molecule has 0 atom stereocenters. The van der Waals surface area contributed by atoms with Crippen LogP contribution in [0.1, 0.15) is 35.2 Å². The molecule has 0 bridgehead atoms. The van der Waals surface area contributed by atoms with Gasteiger partial charge in [0.2, 0.25) is 0 Å². The van der Waals surface area contributed by atoms with E-state index in [4.69, 9.17) is 4.74 Å². The summed E-state index contributed by atoms with van der Waals surface area (Å²) in [6.07, 6.45) is -1.78. The number of benzene rings is 1. The monoisotopic (exact) mass is 276 g/mol. The number of carbonyl (C=O) groups is 1. The van der Waals surface area contributed by atoms with Crippen molar-refractivity contribution >= 4 is 5.97 Å². The summed E-state index contributed by atoms with van der Waals surface area (Å²) in [5.74, 6) is -1.53. The van der Waals surface area contributed by atoms with E-state index in [1.54, 1.807) is 0 Å². The van der Waals surface area contributed by atoms with Gasteiger partial charge in [0.15, 0.2) is 0 Å². The Bertz CT molecular complexity index is 478. The second-order valence-corrected chi connectivity index (χ2v) is 4.56. The topological polar surface area (TPSA) is 26.3 Å². The van der Waals surface area contributed by atoms with Gasteiger partial charge in [-0.2, -0.15) is 13.2 Å². The van der Waals surface area contributed by atoms with Crippen molar-refractivity contribution < 1.29 is 27.1 Å². The normalized spacial score (nSPS) is 15.4. The highest BCUT2D eigenvalue weighted by molar-refractivity contribution is 5.90. The van der Waals surface area contributed by atoms with Gasteiger partial charge in [-0.3, -0.25) is 0 Å². The Kier molecular flexibility index (Phi) is 3.78. The molecule has 0 unspecified atom stereocenters. The smallest absolute Gasteiger partial charge is 0.416 e. The molecule has 1 aliphatic carbocycles. The van der Waals surface area contributed by atoms with Gasteiger partial charge in [0.1, 0.15) is 5.82 Å². The minimum Gasteiger partial charge on any atom is -0.462 e. The van der Waals surface area contributed by atoms with Crippen LogP contribution in [0, 0.1) is 11.7 Å². The fourth-order valence-corrected chi connectivity index (χ4v) is 1.66. The number of ether oxygens (including phenoxy) is 1. The van der Waals surface area contributed by atoms with Crippen LogP contribution < -0.4 is 0 Å². The van der Waals surface area contributed by atoms with Gasteiger partial charge in [0.25, 0.3) is 0 Å². The van der Waals surface area contributed by atoms with Crippen molar-refractivity contribution in [3.05, 3.63) is 35.1 Å². The lowest BCUT2D eigenvalue weighted by atomic mass is 10.1. The van der Waals surface area contributed by atoms with Gasteiger partial charge in [-0.15, -0.1) is 0 Å². The number of esters is 1. The first kappa shape index (κ1) is 13.8. The molecule has 1 aliphatic rings. The number of rotatable bonds is 4. The molecule has 1 fully saturated rings. The van der Waals surface area contributed by atoms with Gasteiger partial charge in [0.05, 0.1) is 17.7 Å². The average Bonchev–Trinajstić information content (AvgIpc) is 3.12. The predicted octanol–water partition coefficient (Wildman–Crippen LogP) is 3.80. The summed E-state index contributed by atoms with van der Waals surface area (Å²) in [6.45, 7) is 0.110. The van der Waals surface area contributed by atoms with E-state index in [1.165, 1.54) is 0 Å². The molecule has 6 heteroatoms. The molecule has 19 heavy (non-hydrogen) atoms. The van der Waals surface area contributed by atoms with Gasteiger partial charge < -0.3 is 4.74 Å². The fourth-order valence-electron chi connectivity index (χ4n) is 1.66. The van der Waals surface area contributed by atoms with Crippen molar-refractivity contribution in [2.75, 3.05) is 6.61 Å². The summed E-state index contributed by atoms with van der Waals surface area (Å²) in [6, 6.07) is 1.70. The zero-order valence-corrected chi connectivity index (χ0v) is 9.97. The molecule has 1 aromatic carbocycles. The van der Waals surface area contributed by atoms with Gasteiger partial charge in [-0.05, 0) is 30.5 Å². The minimum absolute atomic E-state index is 0.110. The molecule has 2 nitrogen and oxygen atoms in total. The van der Waals surface area contributed by atoms with Crippen LogP contribution in [0.25, 0.3) is 0 Å². The molecule has 1 aromatic rings. The van der Waals surface area contributed by atoms with Crippen LogP contribution in [0.4, 0.5) is 17.6 Å². The average molecular weight is 276 g/mol.